The summed E-state index contributed by atoms with van der Waals surface area (Å²) in [6.07, 6.45) is 3.66. The standard InChI is InChI=1S/C50H74N8O8S2/c1-31(51-7)43(59)53-35-21-25-67-39-27-49(3,4)41(57(39)47(35)63)45(61)55-37(33-17-11-9-12-18-33)29-65-23-15-16-24-66-30-38(34-19-13-10-14-20-34)56-46(62)42-50(5,6)28-40-58(42)48(64)36(22-26-68-40)54-44(60)32(2)52-8/h9-14,17-20,31-32,35-42,51-52H,15-16,21-30H2,1-8H3,(H,53,59)(H,54,60)(H,55,61)(H,56,62)/t31-,32+,35+,36-,37-,38+,39?,40?,41-,42+. The number of thioether (sulfide) groups is 2. The van der Waals surface area contributed by atoms with Gasteiger partial charge < -0.3 is 51.2 Å². The Balaban J connectivity index is 1.03. The van der Waals surface area contributed by atoms with Gasteiger partial charge in [0.2, 0.25) is 35.4 Å². The van der Waals surface area contributed by atoms with E-state index in [0.717, 1.165) is 11.1 Å². The molecule has 0 saturated carbocycles. The largest absolute Gasteiger partial charge is 0.379 e. The lowest BCUT2D eigenvalue weighted by atomic mass is 9.83. The number of unbranched alkanes of at least 4 members (excludes halogenated alkanes) is 1. The molecule has 0 bridgehead atoms. The van der Waals surface area contributed by atoms with Crippen LogP contribution >= 0.6 is 23.5 Å². The average Bonchev–Trinajstić information content (AvgIpc) is 3.64. The van der Waals surface area contributed by atoms with Gasteiger partial charge in [0.1, 0.15) is 24.2 Å². The molecule has 2 aromatic rings. The number of carbonyl (C=O) groups excluding carboxylic acids is 6. The average molecular weight is 979 g/mol. The summed E-state index contributed by atoms with van der Waals surface area (Å²) in [5, 5.41) is 17.8. The molecule has 0 radical (unpaired) electrons. The number of nitrogens with zero attached hydrogens (tertiary/aromatic N) is 2. The summed E-state index contributed by atoms with van der Waals surface area (Å²) in [5.41, 5.74) is 0.744. The van der Waals surface area contributed by atoms with Crippen LogP contribution in [0, 0.1) is 10.8 Å². The van der Waals surface area contributed by atoms with Crippen molar-refractivity contribution in [2.75, 3.05) is 52.0 Å². The number of likely N-dealkylation sites (N-methyl/N-ethyl adjacent to an activating group) is 2. The molecule has 4 heterocycles. The van der Waals surface area contributed by atoms with Gasteiger partial charge in [0.05, 0.1) is 48.1 Å². The number of rotatable bonds is 21. The number of nitrogens with one attached hydrogen (secondary N) is 6. The van der Waals surface area contributed by atoms with Gasteiger partial charge in [-0.15, -0.1) is 23.5 Å². The lowest BCUT2D eigenvalue weighted by Gasteiger charge is -2.35. The Bertz CT molecular complexity index is 1910. The summed E-state index contributed by atoms with van der Waals surface area (Å²) in [6, 6.07) is 14.6. The molecule has 6 N–H and O–H groups in total. The molecule has 4 aliphatic heterocycles. The zero-order chi connectivity index (χ0) is 49.2. The van der Waals surface area contributed by atoms with E-state index in [4.69, 9.17) is 9.47 Å². The maximum Gasteiger partial charge on any atom is 0.246 e. The number of hydrogen-bond donors (Lipinski definition) is 6. The summed E-state index contributed by atoms with van der Waals surface area (Å²) >= 11 is 3.32. The van der Waals surface area contributed by atoms with Gasteiger partial charge in [-0.2, -0.15) is 0 Å². The van der Waals surface area contributed by atoms with Crippen molar-refractivity contribution in [3.63, 3.8) is 0 Å². The third-order valence-corrected chi connectivity index (χ3v) is 16.3. The van der Waals surface area contributed by atoms with Crippen molar-refractivity contribution >= 4 is 59.0 Å². The van der Waals surface area contributed by atoms with Crippen LogP contribution in [0.5, 0.6) is 0 Å². The van der Waals surface area contributed by atoms with Crippen molar-refractivity contribution in [3.8, 4) is 0 Å². The topological polar surface area (TPSA) is 200 Å². The SMILES string of the molecule is CN[C@@H](C)C(=O)N[C@@H]1CCSC2CC(C)(C)[C@H](C(=O)N[C@@H](COCCCCOC[C@@H](NC(=O)[C@H]3N4C(=O)[C@@H](NC(=O)[C@@H](C)NC)CCSC4CC3(C)C)c3ccccc3)c3ccccc3)N2C1=O. The van der Waals surface area contributed by atoms with Crippen molar-refractivity contribution in [2.24, 2.45) is 10.8 Å². The minimum absolute atomic E-state index is 0.178. The van der Waals surface area contributed by atoms with Crippen LogP contribution in [0.2, 0.25) is 0 Å². The number of ether oxygens (including phenoxy) is 2. The van der Waals surface area contributed by atoms with E-state index in [1.807, 2.05) is 88.4 Å². The Morgan fingerprint density at radius 3 is 1.35 bits per heavy atom. The molecule has 6 amide bonds. The number of fused-ring (bicyclic) bond motifs is 2. The molecule has 6 rings (SSSR count). The number of carbonyl (C=O) groups is 6. The van der Waals surface area contributed by atoms with Crippen LogP contribution in [0.25, 0.3) is 0 Å². The first-order valence-corrected chi connectivity index (χ1v) is 26.3. The molecular formula is C50H74N8O8S2. The van der Waals surface area contributed by atoms with Crippen molar-refractivity contribution < 1.29 is 38.2 Å². The van der Waals surface area contributed by atoms with Gasteiger partial charge in [-0.3, -0.25) is 28.8 Å². The van der Waals surface area contributed by atoms with Gasteiger partial charge >= 0.3 is 0 Å². The zero-order valence-electron chi connectivity index (χ0n) is 41.0. The van der Waals surface area contributed by atoms with Crippen LogP contribution in [0.3, 0.4) is 0 Å². The zero-order valence-corrected chi connectivity index (χ0v) is 42.6. The summed E-state index contributed by atoms with van der Waals surface area (Å²) in [7, 11) is 3.40. The fraction of sp³-hybridized carbons (Fsp3) is 0.640. The fourth-order valence-electron chi connectivity index (χ4n) is 9.68. The molecule has 4 saturated heterocycles. The van der Waals surface area contributed by atoms with Crippen LogP contribution in [-0.4, -0.2) is 144 Å². The van der Waals surface area contributed by atoms with E-state index in [9.17, 15) is 28.8 Å². The maximum atomic E-state index is 14.4. The molecule has 18 heteroatoms. The predicted octanol–water partition coefficient (Wildman–Crippen LogP) is 3.88. The molecule has 0 aromatic heterocycles. The highest BCUT2D eigenvalue weighted by Crippen LogP contribution is 2.48. The van der Waals surface area contributed by atoms with E-state index in [-0.39, 0.29) is 59.4 Å². The second-order valence-electron chi connectivity index (χ2n) is 19.9. The predicted molar refractivity (Wildman–Crippen MR) is 266 cm³/mol. The third kappa shape index (κ3) is 13.0. The molecule has 2 aromatic carbocycles. The number of hydrogen-bond acceptors (Lipinski definition) is 12. The van der Waals surface area contributed by atoms with Crippen LogP contribution in [-0.2, 0) is 38.2 Å². The first-order valence-electron chi connectivity index (χ1n) is 24.2. The molecule has 4 aliphatic rings. The molecule has 68 heavy (non-hydrogen) atoms. The van der Waals surface area contributed by atoms with Gasteiger partial charge in [0.15, 0.2) is 0 Å². The normalized spacial score (nSPS) is 26.0. The lowest BCUT2D eigenvalue weighted by Crippen LogP contribution is -2.58. The van der Waals surface area contributed by atoms with Crippen molar-refractivity contribution in [2.45, 2.75) is 139 Å². The Labute approximate surface area is 411 Å². The summed E-state index contributed by atoms with van der Waals surface area (Å²) in [4.78, 5) is 86.1. The van der Waals surface area contributed by atoms with E-state index in [1.54, 1.807) is 61.3 Å². The number of benzene rings is 2. The van der Waals surface area contributed by atoms with Gasteiger partial charge in [-0.05, 0) is 99.9 Å². The Kier molecular flexibility index (Phi) is 18.8. The van der Waals surface area contributed by atoms with Gasteiger partial charge in [0, 0.05) is 13.2 Å². The second-order valence-corrected chi connectivity index (χ2v) is 22.4. The molecule has 374 valence electrons. The first-order chi connectivity index (χ1) is 32.5. The molecular weight excluding hydrogens is 905 g/mol. The second kappa shape index (κ2) is 24.1. The molecule has 10 atom stereocenters. The highest BCUT2D eigenvalue weighted by atomic mass is 32.2. The third-order valence-electron chi connectivity index (χ3n) is 13.8. The molecule has 2 unspecified atom stereocenters. The Morgan fingerprint density at radius 2 is 1.00 bits per heavy atom. The van der Waals surface area contributed by atoms with E-state index >= 15 is 0 Å². The van der Waals surface area contributed by atoms with E-state index in [1.165, 1.54) is 0 Å². The van der Waals surface area contributed by atoms with Crippen molar-refractivity contribution in [1.82, 2.24) is 41.7 Å². The smallest absolute Gasteiger partial charge is 0.246 e. The first kappa shape index (κ1) is 53.2. The van der Waals surface area contributed by atoms with Gasteiger partial charge in [-0.1, -0.05) is 88.4 Å². The van der Waals surface area contributed by atoms with Crippen LogP contribution in [0.1, 0.15) is 103 Å². The van der Waals surface area contributed by atoms with Crippen LogP contribution in [0.4, 0.5) is 0 Å². The Morgan fingerprint density at radius 1 is 0.632 bits per heavy atom. The molecule has 4 fully saturated rings. The van der Waals surface area contributed by atoms with Gasteiger partial charge in [-0.25, -0.2) is 0 Å². The maximum absolute atomic E-state index is 14.4. The molecule has 0 aliphatic carbocycles. The minimum Gasteiger partial charge on any atom is -0.379 e. The molecule has 16 nitrogen and oxygen atoms in total. The molecule has 0 spiro atoms. The highest BCUT2D eigenvalue weighted by Gasteiger charge is 2.56. The fourth-order valence-corrected chi connectivity index (χ4v) is 12.8. The highest BCUT2D eigenvalue weighted by molar-refractivity contribution is 8.00. The van der Waals surface area contributed by atoms with Crippen LogP contribution in [0.15, 0.2) is 60.7 Å². The van der Waals surface area contributed by atoms with Crippen LogP contribution < -0.4 is 31.9 Å². The van der Waals surface area contributed by atoms with Gasteiger partial charge in [0.25, 0.3) is 0 Å². The summed E-state index contributed by atoms with van der Waals surface area (Å²) < 4.78 is 12.4. The minimum atomic E-state index is -0.740. The van der Waals surface area contributed by atoms with E-state index in [2.05, 4.69) is 31.9 Å². The lowest BCUT2D eigenvalue weighted by molar-refractivity contribution is -0.144. The van der Waals surface area contributed by atoms with Crippen molar-refractivity contribution in [1.29, 1.82) is 0 Å². The van der Waals surface area contributed by atoms with E-state index < -0.39 is 59.2 Å². The number of amides is 6. The quantitative estimate of drug-likeness (QED) is 0.0990. The van der Waals surface area contributed by atoms with E-state index in [0.29, 0.717) is 63.2 Å². The summed E-state index contributed by atoms with van der Waals surface area (Å²) in [5.74, 6) is -0.106. The van der Waals surface area contributed by atoms with Crippen molar-refractivity contribution in [3.05, 3.63) is 71.8 Å². The Hall–Kier alpha value is -4.20. The summed E-state index contributed by atoms with van der Waals surface area (Å²) in [6.45, 7) is 12.9. The monoisotopic (exact) mass is 979 g/mol.